The minimum Gasteiger partial charge on any atom is -0.443 e. The minimum absolute atomic E-state index is 0.00684. The second-order valence-electron chi connectivity index (χ2n) is 13.6. The van der Waals surface area contributed by atoms with Gasteiger partial charge >= 0.3 is 13.2 Å². The Kier molecular flexibility index (Phi) is 8.66. The maximum absolute atomic E-state index is 13.5. The Bertz CT molecular complexity index is 1170. The van der Waals surface area contributed by atoms with Crippen LogP contribution in [0.15, 0.2) is 18.2 Å². The Balaban J connectivity index is 1.53. The number of carbonyl (C=O) groups excluding carboxylic acids is 3. The summed E-state index contributed by atoms with van der Waals surface area (Å²) in [6.45, 7) is 15.3. The molecule has 8 nitrogen and oxygen atoms in total. The van der Waals surface area contributed by atoms with Crippen molar-refractivity contribution < 1.29 is 28.4 Å². The maximum Gasteiger partial charge on any atom is 0.481 e. The third-order valence-corrected chi connectivity index (χ3v) is 9.25. The molecule has 1 saturated heterocycles. The van der Waals surface area contributed by atoms with Gasteiger partial charge in [0.25, 0.3) is 5.91 Å². The average molecular weight is 595 g/mol. The quantitative estimate of drug-likeness (QED) is 0.379. The van der Waals surface area contributed by atoms with Crippen molar-refractivity contribution in [2.45, 2.75) is 97.9 Å². The van der Waals surface area contributed by atoms with Gasteiger partial charge in [0.1, 0.15) is 12.1 Å². The van der Waals surface area contributed by atoms with Crippen molar-refractivity contribution >= 4 is 48.2 Å². The number of hydrogen-bond donors (Lipinski definition) is 1. The number of halogens is 2. The fourth-order valence-corrected chi connectivity index (χ4v) is 6.93. The summed E-state index contributed by atoms with van der Waals surface area (Å²) in [5.74, 6) is -0.590. The molecule has 1 N–H and O–H groups in total. The van der Waals surface area contributed by atoms with Crippen molar-refractivity contribution in [2.24, 2.45) is 23.2 Å². The van der Waals surface area contributed by atoms with E-state index >= 15 is 0 Å². The molecule has 11 heteroatoms. The molecular formula is C29H41BCl2N2O6. The van der Waals surface area contributed by atoms with Crippen LogP contribution in [0, 0.1) is 23.2 Å². The van der Waals surface area contributed by atoms with Gasteiger partial charge in [-0.1, -0.05) is 50.9 Å². The van der Waals surface area contributed by atoms with Gasteiger partial charge in [-0.3, -0.25) is 9.59 Å². The normalized spacial score (nSPS) is 27.5. The molecule has 5 atom stereocenters. The highest BCUT2D eigenvalue weighted by Crippen LogP contribution is 2.65. The van der Waals surface area contributed by atoms with Crippen LogP contribution in [0.25, 0.3) is 0 Å². The van der Waals surface area contributed by atoms with Gasteiger partial charge in [0.05, 0.1) is 28.2 Å². The lowest BCUT2D eigenvalue weighted by Crippen LogP contribution is -2.65. The third-order valence-electron chi connectivity index (χ3n) is 8.69. The summed E-state index contributed by atoms with van der Waals surface area (Å²) in [5.41, 5.74) is -1.13. The Morgan fingerprint density at radius 3 is 2.45 bits per heavy atom. The molecule has 1 aromatic carbocycles. The second kappa shape index (κ2) is 11.1. The van der Waals surface area contributed by atoms with Gasteiger partial charge in [-0.2, -0.15) is 0 Å². The predicted octanol–water partition coefficient (Wildman–Crippen LogP) is 6.17. The van der Waals surface area contributed by atoms with E-state index in [1.165, 1.54) is 18.2 Å². The Labute approximate surface area is 247 Å². The summed E-state index contributed by atoms with van der Waals surface area (Å²) in [4.78, 5) is 40.8. The highest BCUT2D eigenvalue weighted by molar-refractivity contribution is 6.48. The molecule has 0 radical (unpaired) electrons. The average Bonchev–Trinajstić information content (AvgIpc) is 3.19. The summed E-state index contributed by atoms with van der Waals surface area (Å²) in [5, 5.41) is 3.37. The third kappa shape index (κ3) is 6.18. The summed E-state index contributed by atoms with van der Waals surface area (Å²) < 4.78 is 18.5. The lowest BCUT2D eigenvalue weighted by Gasteiger charge is -2.64. The molecule has 3 amide bonds. The zero-order valence-corrected chi connectivity index (χ0v) is 26.2. The minimum atomic E-state index is -0.960. The first-order valence-electron chi connectivity index (χ1n) is 14.0. The van der Waals surface area contributed by atoms with Gasteiger partial charge in [0, 0.05) is 5.02 Å². The first-order valence-corrected chi connectivity index (χ1v) is 14.8. The largest absolute Gasteiger partial charge is 0.481 e. The van der Waals surface area contributed by atoms with Crippen LogP contribution >= 0.6 is 23.2 Å². The van der Waals surface area contributed by atoms with E-state index in [2.05, 4.69) is 39.9 Å². The molecule has 3 aliphatic carbocycles. The number of carbonyl (C=O) groups is 3. The van der Waals surface area contributed by atoms with Gasteiger partial charge in [0.15, 0.2) is 0 Å². The van der Waals surface area contributed by atoms with Gasteiger partial charge in [-0.15, -0.1) is 0 Å². The molecule has 1 unspecified atom stereocenters. The lowest BCUT2D eigenvalue weighted by molar-refractivity contribution is -0.199. The van der Waals surface area contributed by atoms with E-state index in [0.717, 1.165) is 17.7 Å². The van der Waals surface area contributed by atoms with Crippen molar-refractivity contribution in [3.8, 4) is 0 Å². The molecular weight excluding hydrogens is 554 g/mol. The topological polar surface area (TPSA) is 94.2 Å². The van der Waals surface area contributed by atoms with Crippen LogP contribution in [0.5, 0.6) is 0 Å². The molecule has 1 heterocycles. The Morgan fingerprint density at radius 1 is 1.18 bits per heavy atom. The number of nitrogens with one attached hydrogen (secondary N) is 1. The number of rotatable bonds is 7. The molecule has 5 rings (SSSR count). The van der Waals surface area contributed by atoms with Crippen molar-refractivity contribution in [1.82, 2.24) is 10.2 Å². The van der Waals surface area contributed by atoms with Crippen LogP contribution in [0.1, 0.15) is 85.0 Å². The molecule has 40 heavy (non-hydrogen) atoms. The molecule has 0 spiro atoms. The van der Waals surface area contributed by atoms with E-state index in [1.807, 2.05) is 0 Å². The molecule has 0 aromatic heterocycles. The number of amides is 3. The summed E-state index contributed by atoms with van der Waals surface area (Å²) in [6.07, 6.45) is 1.65. The van der Waals surface area contributed by atoms with Crippen molar-refractivity contribution in [2.75, 3.05) is 6.54 Å². The van der Waals surface area contributed by atoms with E-state index in [-0.39, 0.29) is 33.0 Å². The molecule has 220 valence electrons. The Hall–Kier alpha value is -1.81. The molecule has 4 fully saturated rings. The number of imide groups is 1. The van der Waals surface area contributed by atoms with E-state index in [0.29, 0.717) is 18.3 Å². The highest BCUT2D eigenvalue weighted by Gasteiger charge is 2.68. The fourth-order valence-electron chi connectivity index (χ4n) is 6.56. The summed E-state index contributed by atoms with van der Waals surface area (Å²) >= 11 is 12.3. The molecule has 1 aliphatic heterocycles. The van der Waals surface area contributed by atoms with E-state index in [9.17, 15) is 14.4 Å². The fraction of sp³-hybridized carbons (Fsp3) is 0.690. The van der Waals surface area contributed by atoms with Gasteiger partial charge in [0.2, 0.25) is 5.91 Å². The van der Waals surface area contributed by atoms with E-state index < -0.39 is 48.7 Å². The van der Waals surface area contributed by atoms with E-state index in [4.69, 9.17) is 37.2 Å². The van der Waals surface area contributed by atoms with Crippen molar-refractivity contribution in [3.05, 3.63) is 33.8 Å². The maximum atomic E-state index is 13.5. The van der Waals surface area contributed by atoms with Crippen LogP contribution in [-0.2, 0) is 18.8 Å². The van der Waals surface area contributed by atoms with Crippen molar-refractivity contribution in [1.29, 1.82) is 0 Å². The number of nitrogens with zero attached hydrogens (tertiary/aromatic N) is 1. The molecule has 2 bridgehead atoms. The molecule has 1 aromatic rings. The van der Waals surface area contributed by atoms with Crippen LogP contribution in [0.3, 0.4) is 0 Å². The second-order valence-corrected chi connectivity index (χ2v) is 14.5. The number of benzene rings is 1. The molecule has 3 saturated carbocycles. The lowest BCUT2D eigenvalue weighted by atomic mass is 9.43. The van der Waals surface area contributed by atoms with Crippen LogP contribution < -0.4 is 5.32 Å². The summed E-state index contributed by atoms with van der Waals surface area (Å²) in [6, 6.07) is 4.36. The zero-order chi connectivity index (χ0) is 29.8. The van der Waals surface area contributed by atoms with E-state index in [1.54, 1.807) is 20.8 Å². The van der Waals surface area contributed by atoms with Crippen molar-refractivity contribution in [3.63, 3.8) is 0 Å². The smallest absolute Gasteiger partial charge is 0.443 e. The first-order chi connectivity index (χ1) is 18.4. The van der Waals surface area contributed by atoms with Crippen LogP contribution in [0.4, 0.5) is 4.79 Å². The SMILES string of the molecule is CC(C)CC(NC(=O)CN(C(=O)OC(C)(C)C)C(=O)c1cc(Cl)ccc1Cl)B1O[C@@H]2C[C@@H]3C[C@@H](C3(C)C)[C@]2(C)O1. The number of hydrogen-bond acceptors (Lipinski definition) is 6. The van der Waals surface area contributed by atoms with Crippen LogP contribution in [0.2, 0.25) is 10.0 Å². The summed E-state index contributed by atoms with van der Waals surface area (Å²) in [7, 11) is -0.635. The van der Waals surface area contributed by atoms with Gasteiger partial charge in [-0.25, -0.2) is 9.69 Å². The predicted molar refractivity (Wildman–Crippen MR) is 155 cm³/mol. The first kappa shape index (κ1) is 31.1. The highest BCUT2D eigenvalue weighted by atomic mass is 35.5. The van der Waals surface area contributed by atoms with Gasteiger partial charge < -0.3 is 19.4 Å². The standard InChI is InChI=1S/C29H41BCl2N2O6/c1-16(2)11-23(30-39-22-13-17-12-21(28(17,6)7)29(22,8)40-30)33-24(35)15-34(26(37)38-27(3,4)5)25(36)19-14-18(31)9-10-20(19)32/h9-10,14,16-17,21-23H,11-13,15H2,1-8H3,(H,33,35)/t17-,21-,22+,23?,29-/m0/s1. The zero-order valence-electron chi connectivity index (χ0n) is 24.7. The van der Waals surface area contributed by atoms with Gasteiger partial charge in [-0.05, 0) is 88.3 Å². The number of ether oxygens (including phenoxy) is 1. The monoisotopic (exact) mass is 594 g/mol. The van der Waals surface area contributed by atoms with Crippen LogP contribution in [-0.4, -0.2) is 59.7 Å². The Morgan fingerprint density at radius 2 is 1.85 bits per heavy atom. The molecule has 4 aliphatic rings.